The van der Waals surface area contributed by atoms with Crippen molar-refractivity contribution in [2.45, 2.75) is 26.3 Å². The van der Waals surface area contributed by atoms with Gasteiger partial charge in [-0.25, -0.2) is 4.79 Å². The summed E-state index contributed by atoms with van der Waals surface area (Å²) in [6.07, 6.45) is 0.307. The number of carbonyl (C=O) groups excluding carboxylic acids is 2. The molecule has 138 valence electrons. The minimum Gasteiger partial charge on any atom is -0.336 e. The largest absolute Gasteiger partial charge is 0.336 e. The van der Waals surface area contributed by atoms with Crippen LogP contribution in [0.2, 0.25) is 0 Å². The van der Waals surface area contributed by atoms with Crippen LogP contribution >= 0.6 is 0 Å². The van der Waals surface area contributed by atoms with Crippen LogP contribution in [-0.2, 0) is 11.2 Å². The Bertz CT molecular complexity index is 949. The molecule has 0 spiro atoms. The molecule has 0 unspecified atom stereocenters. The number of hydrogen-bond acceptors (Lipinski definition) is 2. The highest BCUT2D eigenvalue weighted by atomic mass is 16.2. The molecular weight excluding hydrogens is 338 g/mol. The normalized spacial score (nSPS) is 10.6. The van der Waals surface area contributed by atoms with Crippen molar-refractivity contribution in [1.29, 1.82) is 0 Å². The van der Waals surface area contributed by atoms with Crippen molar-refractivity contribution in [3.8, 4) is 0 Å². The molecule has 0 aliphatic heterocycles. The Balaban J connectivity index is 1.57. The van der Waals surface area contributed by atoms with E-state index in [2.05, 4.69) is 22.0 Å². The summed E-state index contributed by atoms with van der Waals surface area (Å²) in [5, 5.41) is 10.7. The first kappa shape index (κ1) is 18.5. The summed E-state index contributed by atoms with van der Waals surface area (Å²) >= 11 is 0. The lowest BCUT2D eigenvalue weighted by atomic mass is 10.0. The van der Waals surface area contributed by atoms with Crippen LogP contribution in [0, 0.1) is 0 Å². The third-order valence-electron chi connectivity index (χ3n) is 4.02. The van der Waals surface area contributed by atoms with Gasteiger partial charge in [0.1, 0.15) is 0 Å². The van der Waals surface area contributed by atoms with Gasteiger partial charge in [0.25, 0.3) is 0 Å². The molecule has 3 N–H and O–H groups in total. The second-order valence-electron chi connectivity index (χ2n) is 6.74. The van der Waals surface area contributed by atoms with E-state index in [0.717, 1.165) is 16.3 Å². The molecule has 0 radical (unpaired) electrons. The Hall–Kier alpha value is -3.34. The van der Waals surface area contributed by atoms with E-state index >= 15 is 0 Å². The summed E-state index contributed by atoms with van der Waals surface area (Å²) in [6, 6.07) is 21.0. The molecule has 0 fully saturated rings. The van der Waals surface area contributed by atoms with Gasteiger partial charge in [0.15, 0.2) is 0 Å². The van der Waals surface area contributed by atoms with Gasteiger partial charge in [0.2, 0.25) is 5.91 Å². The SMILES string of the molecule is CC(C)NC(=O)Nc1ccc(NC(=O)Cc2ccc3ccccc3c2)cc1. The highest BCUT2D eigenvalue weighted by Gasteiger charge is 2.06. The van der Waals surface area contributed by atoms with Crippen LogP contribution in [0.4, 0.5) is 16.2 Å². The second kappa shape index (κ2) is 8.36. The molecule has 0 aliphatic carbocycles. The van der Waals surface area contributed by atoms with Crippen molar-refractivity contribution in [1.82, 2.24) is 5.32 Å². The maximum atomic E-state index is 12.3. The van der Waals surface area contributed by atoms with E-state index in [1.54, 1.807) is 24.3 Å². The Labute approximate surface area is 158 Å². The van der Waals surface area contributed by atoms with Crippen molar-refractivity contribution < 1.29 is 9.59 Å². The maximum absolute atomic E-state index is 12.3. The predicted octanol–water partition coefficient (Wildman–Crippen LogP) is 4.55. The monoisotopic (exact) mass is 361 g/mol. The molecule has 0 aliphatic rings. The van der Waals surface area contributed by atoms with Gasteiger partial charge < -0.3 is 16.0 Å². The summed E-state index contributed by atoms with van der Waals surface area (Å²) in [6.45, 7) is 3.79. The minimum absolute atomic E-state index is 0.0682. The summed E-state index contributed by atoms with van der Waals surface area (Å²) in [5.41, 5.74) is 2.33. The van der Waals surface area contributed by atoms with Crippen LogP contribution in [0.1, 0.15) is 19.4 Å². The zero-order valence-electron chi connectivity index (χ0n) is 15.5. The number of rotatable bonds is 5. The molecule has 3 amide bonds. The topological polar surface area (TPSA) is 70.2 Å². The van der Waals surface area contributed by atoms with Crippen LogP contribution in [0.15, 0.2) is 66.7 Å². The molecule has 0 aromatic heterocycles. The van der Waals surface area contributed by atoms with E-state index < -0.39 is 0 Å². The van der Waals surface area contributed by atoms with E-state index in [4.69, 9.17) is 0 Å². The molecular formula is C22H23N3O2. The Morgan fingerprint density at radius 3 is 2.11 bits per heavy atom. The molecule has 5 nitrogen and oxygen atoms in total. The zero-order valence-corrected chi connectivity index (χ0v) is 15.5. The van der Waals surface area contributed by atoms with Crippen LogP contribution < -0.4 is 16.0 Å². The standard InChI is InChI=1S/C22H23N3O2/c1-15(2)23-22(27)25-20-11-9-19(10-12-20)24-21(26)14-16-7-8-17-5-3-4-6-18(17)13-16/h3-13,15H,14H2,1-2H3,(H,24,26)(H2,23,25,27). The van der Waals surface area contributed by atoms with Crippen molar-refractivity contribution in [2.75, 3.05) is 10.6 Å². The van der Waals surface area contributed by atoms with Gasteiger partial charge in [0.05, 0.1) is 6.42 Å². The number of carbonyl (C=O) groups is 2. The third kappa shape index (κ3) is 5.31. The Kier molecular flexibility index (Phi) is 5.71. The first-order valence-electron chi connectivity index (χ1n) is 8.95. The Morgan fingerprint density at radius 2 is 1.44 bits per heavy atom. The van der Waals surface area contributed by atoms with Crippen LogP contribution in [0.3, 0.4) is 0 Å². The lowest BCUT2D eigenvalue weighted by molar-refractivity contribution is -0.115. The van der Waals surface area contributed by atoms with E-state index in [9.17, 15) is 9.59 Å². The van der Waals surface area contributed by atoms with Crippen molar-refractivity contribution in [2.24, 2.45) is 0 Å². The maximum Gasteiger partial charge on any atom is 0.319 e. The summed E-state index contributed by atoms with van der Waals surface area (Å²) < 4.78 is 0. The number of benzene rings is 3. The van der Waals surface area contributed by atoms with Crippen molar-refractivity contribution in [3.05, 3.63) is 72.3 Å². The van der Waals surface area contributed by atoms with Crippen LogP contribution in [0.5, 0.6) is 0 Å². The molecule has 5 heteroatoms. The third-order valence-corrected chi connectivity index (χ3v) is 4.02. The number of fused-ring (bicyclic) bond motifs is 1. The van der Waals surface area contributed by atoms with E-state index in [0.29, 0.717) is 17.8 Å². The molecule has 3 rings (SSSR count). The summed E-state index contributed by atoms with van der Waals surface area (Å²) in [5.74, 6) is -0.0801. The van der Waals surface area contributed by atoms with Gasteiger partial charge in [-0.1, -0.05) is 42.5 Å². The van der Waals surface area contributed by atoms with Gasteiger partial charge in [-0.2, -0.15) is 0 Å². The fourth-order valence-electron chi connectivity index (χ4n) is 2.81. The van der Waals surface area contributed by atoms with Crippen molar-refractivity contribution >= 4 is 34.1 Å². The van der Waals surface area contributed by atoms with Gasteiger partial charge in [-0.15, -0.1) is 0 Å². The van der Waals surface area contributed by atoms with Gasteiger partial charge in [0, 0.05) is 17.4 Å². The van der Waals surface area contributed by atoms with Gasteiger partial charge in [-0.05, 0) is 54.4 Å². The Morgan fingerprint density at radius 1 is 0.815 bits per heavy atom. The number of hydrogen-bond donors (Lipinski definition) is 3. The smallest absolute Gasteiger partial charge is 0.319 e. The summed E-state index contributed by atoms with van der Waals surface area (Å²) in [4.78, 5) is 24.0. The number of nitrogens with one attached hydrogen (secondary N) is 3. The van der Waals surface area contributed by atoms with E-state index in [1.165, 1.54) is 0 Å². The quantitative estimate of drug-likeness (QED) is 0.624. The van der Waals surface area contributed by atoms with Gasteiger partial charge in [-0.3, -0.25) is 4.79 Å². The van der Waals surface area contributed by atoms with E-state index in [-0.39, 0.29) is 18.0 Å². The van der Waals surface area contributed by atoms with Crippen molar-refractivity contribution in [3.63, 3.8) is 0 Å². The minimum atomic E-state index is -0.252. The van der Waals surface area contributed by atoms with Gasteiger partial charge >= 0.3 is 6.03 Å². The lowest BCUT2D eigenvalue weighted by Gasteiger charge is -2.11. The van der Waals surface area contributed by atoms with E-state index in [1.807, 2.05) is 50.2 Å². The molecule has 0 bridgehead atoms. The number of anilines is 2. The first-order valence-corrected chi connectivity index (χ1v) is 8.95. The summed E-state index contributed by atoms with van der Waals surface area (Å²) in [7, 11) is 0. The molecule has 0 saturated carbocycles. The molecule has 27 heavy (non-hydrogen) atoms. The van der Waals surface area contributed by atoms with Crippen LogP contribution in [0.25, 0.3) is 10.8 Å². The number of urea groups is 1. The highest BCUT2D eigenvalue weighted by Crippen LogP contribution is 2.17. The molecule has 0 heterocycles. The second-order valence-corrected chi connectivity index (χ2v) is 6.74. The van der Waals surface area contributed by atoms with Crippen LogP contribution in [-0.4, -0.2) is 18.0 Å². The molecule has 3 aromatic carbocycles. The lowest BCUT2D eigenvalue weighted by Crippen LogP contribution is -2.34. The average Bonchev–Trinajstić information content (AvgIpc) is 2.62. The first-order chi connectivity index (χ1) is 13.0. The predicted molar refractivity (Wildman–Crippen MR) is 110 cm³/mol. The zero-order chi connectivity index (χ0) is 19.2. The molecule has 0 atom stereocenters. The highest BCUT2D eigenvalue weighted by molar-refractivity contribution is 5.94. The molecule has 0 saturated heterocycles. The fraction of sp³-hybridized carbons (Fsp3) is 0.182. The molecule has 3 aromatic rings. The fourth-order valence-corrected chi connectivity index (χ4v) is 2.81. The average molecular weight is 361 g/mol. The number of amides is 3.